The molecule has 0 aliphatic heterocycles. The zero-order valence-electron chi connectivity index (χ0n) is 16.3. The monoisotopic (exact) mass is 402 g/mol. The molecular weight excluding hydrogens is 372 g/mol. The molecule has 0 aromatic heterocycles. The summed E-state index contributed by atoms with van der Waals surface area (Å²) in [5.74, 6) is 0.414. The summed E-state index contributed by atoms with van der Waals surface area (Å²) in [7, 11) is 0. The van der Waals surface area contributed by atoms with Crippen LogP contribution in [0, 0.1) is 0 Å². The Labute approximate surface area is 172 Å². The van der Waals surface area contributed by atoms with Gasteiger partial charge in [0, 0.05) is 9.79 Å². The highest BCUT2D eigenvalue weighted by Crippen LogP contribution is 2.28. The molecule has 1 atom stereocenters. The molecule has 0 aliphatic carbocycles. The van der Waals surface area contributed by atoms with E-state index in [0.29, 0.717) is 0 Å². The Kier molecular flexibility index (Phi) is 9.85. The number of carboxylic acids is 1. The maximum atomic E-state index is 11.0. The van der Waals surface area contributed by atoms with Gasteiger partial charge >= 0.3 is 5.97 Å². The van der Waals surface area contributed by atoms with Gasteiger partial charge in [0.1, 0.15) is 5.25 Å². The molecule has 0 saturated carbocycles. The van der Waals surface area contributed by atoms with Gasteiger partial charge in [-0.25, -0.2) is 0 Å². The number of hydrogen-bond donors (Lipinski definition) is 1. The zero-order valence-corrected chi connectivity index (χ0v) is 18.0. The van der Waals surface area contributed by atoms with Crippen molar-refractivity contribution in [3.05, 3.63) is 48.5 Å². The van der Waals surface area contributed by atoms with Crippen molar-refractivity contribution < 1.29 is 9.90 Å². The van der Waals surface area contributed by atoms with Gasteiger partial charge in [-0.15, -0.1) is 23.5 Å². The fourth-order valence-corrected chi connectivity index (χ4v) is 4.51. The number of rotatable bonds is 12. The number of hydrogen-bond acceptors (Lipinski definition) is 3. The summed E-state index contributed by atoms with van der Waals surface area (Å²) in [5, 5.41) is 8.57. The Morgan fingerprint density at radius 1 is 0.852 bits per heavy atom. The minimum Gasteiger partial charge on any atom is -0.480 e. The standard InChI is InChI=1S/C23H30O2S2/c1-3-4-5-6-7-8-17-26-21-13-9-19(10-14-21)20-11-15-22(16-12-20)27-18(2)23(24)25/h9-16,18H,3-8,17H2,1-2H3,(H,24,25)/t18-/m1/s1. The zero-order chi connectivity index (χ0) is 19.5. The number of thioether (sulfide) groups is 2. The maximum absolute atomic E-state index is 11.0. The van der Waals surface area contributed by atoms with E-state index in [1.165, 1.54) is 66.5 Å². The van der Waals surface area contributed by atoms with Crippen LogP contribution in [0.15, 0.2) is 58.3 Å². The first-order chi connectivity index (χ1) is 13.1. The van der Waals surface area contributed by atoms with E-state index in [2.05, 4.69) is 43.3 Å². The van der Waals surface area contributed by atoms with Gasteiger partial charge in [-0.2, -0.15) is 0 Å². The normalized spacial score (nSPS) is 12.1. The fraction of sp³-hybridized carbons (Fsp3) is 0.435. The van der Waals surface area contributed by atoms with E-state index >= 15 is 0 Å². The second-order valence-corrected chi connectivity index (χ2v) is 9.35. The second kappa shape index (κ2) is 12.1. The predicted molar refractivity (Wildman–Crippen MR) is 119 cm³/mol. The average molecular weight is 403 g/mol. The molecule has 146 valence electrons. The van der Waals surface area contributed by atoms with Crippen LogP contribution in [0.2, 0.25) is 0 Å². The van der Waals surface area contributed by atoms with Gasteiger partial charge in [-0.1, -0.05) is 63.3 Å². The summed E-state index contributed by atoms with van der Waals surface area (Å²) < 4.78 is 0. The Morgan fingerprint density at radius 3 is 1.93 bits per heavy atom. The van der Waals surface area contributed by atoms with Crippen LogP contribution in [0.3, 0.4) is 0 Å². The Hall–Kier alpha value is -1.39. The Bertz CT molecular complexity index is 681. The van der Waals surface area contributed by atoms with Crippen molar-refractivity contribution in [2.45, 2.75) is 67.4 Å². The van der Waals surface area contributed by atoms with Crippen molar-refractivity contribution in [3.8, 4) is 11.1 Å². The van der Waals surface area contributed by atoms with Crippen LogP contribution < -0.4 is 0 Å². The average Bonchev–Trinajstić information content (AvgIpc) is 2.68. The molecule has 4 heteroatoms. The van der Waals surface area contributed by atoms with Crippen molar-refractivity contribution >= 4 is 29.5 Å². The molecule has 0 radical (unpaired) electrons. The first-order valence-electron chi connectivity index (χ1n) is 9.83. The highest BCUT2D eigenvalue weighted by molar-refractivity contribution is 8.00. The van der Waals surface area contributed by atoms with Gasteiger partial charge in [0.15, 0.2) is 0 Å². The quantitative estimate of drug-likeness (QED) is 0.297. The Balaban J connectivity index is 1.80. The summed E-state index contributed by atoms with van der Waals surface area (Å²) in [5.41, 5.74) is 2.36. The molecule has 0 fully saturated rings. The molecule has 2 rings (SSSR count). The largest absolute Gasteiger partial charge is 0.480 e. The highest BCUT2D eigenvalue weighted by atomic mass is 32.2. The molecular formula is C23H30O2S2. The van der Waals surface area contributed by atoms with Gasteiger partial charge in [-0.05, 0) is 54.5 Å². The van der Waals surface area contributed by atoms with E-state index in [1.807, 2.05) is 23.9 Å². The third-order valence-corrected chi connectivity index (χ3v) is 6.67. The van der Waals surface area contributed by atoms with Gasteiger partial charge in [0.05, 0.1) is 0 Å². The van der Waals surface area contributed by atoms with E-state index in [9.17, 15) is 4.79 Å². The lowest BCUT2D eigenvalue weighted by Crippen LogP contribution is -2.10. The summed E-state index contributed by atoms with van der Waals surface area (Å²) in [6.07, 6.45) is 8.06. The molecule has 2 aromatic carbocycles. The fourth-order valence-electron chi connectivity index (χ4n) is 2.80. The molecule has 1 N–H and O–H groups in total. The summed E-state index contributed by atoms with van der Waals surface area (Å²) in [6, 6.07) is 16.9. The second-order valence-electron chi connectivity index (χ2n) is 6.76. The Morgan fingerprint density at radius 2 is 1.37 bits per heavy atom. The molecule has 27 heavy (non-hydrogen) atoms. The maximum Gasteiger partial charge on any atom is 0.316 e. The SMILES string of the molecule is CCCCCCCCSc1ccc(-c2ccc(S[C@H](C)C(=O)O)cc2)cc1. The lowest BCUT2D eigenvalue weighted by Gasteiger charge is -2.08. The van der Waals surface area contributed by atoms with Crippen LogP contribution >= 0.6 is 23.5 Å². The van der Waals surface area contributed by atoms with Crippen LogP contribution in [-0.2, 0) is 4.79 Å². The minimum absolute atomic E-state index is 0.432. The van der Waals surface area contributed by atoms with E-state index < -0.39 is 11.2 Å². The van der Waals surface area contributed by atoms with Crippen LogP contribution in [-0.4, -0.2) is 22.1 Å². The molecule has 0 spiro atoms. The van der Waals surface area contributed by atoms with Crippen molar-refractivity contribution in [1.29, 1.82) is 0 Å². The van der Waals surface area contributed by atoms with Gasteiger partial charge in [0.25, 0.3) is 0 Å². The van der Waals surface area contributed by atoms with E-state index in [-0.39, 0.29) is 0 Å². The van der Waals surface area contributed by atoms with Crippen LogP contribution in [0.4, 0.5) is 0 Å². The van der Waals surface area contributed by atoms with E-state index in [4.69, 9.17) is 5.11 Å². The molecule has 0 bridgehead atoms. The molecule has 2 nitrogen and oxygen atoms in total. The van der Waals surface area contributed by atoms with E-state index in [1.54, 1.807) is 6.92 Å². The lowest BCUT2D eigenvalue weighted by molar-refractivity contribution is -0.136. The highest BCUT2D eigenvalue weighted by Gasteiger charge is 2.12. The first-order valence-corrected chi connectivity index (χ1v) is 11.7. The number of unbranched alkanes of at least 4 members (excludes halogenated alkanes) is 5. The van der Waals surface area contributed by atoms with Crippen molar-refractivity contribution in [2.24, 2.45) is 0 Å². The van der Waals surface area contributed by atoms with Crippen molar-refractivity contribution in [3.63, 3.8) is 0 Å². The van der Waals surface area contributed by atoms with Crippen LogP contribution in [0.5, 0.6) is 0 Å². The smallest absolute Gasteiger partial charge is 0.316 e. The van der Waals surface area contributed by atoms with Gasteiger partial charge < -0.3 is 5.11 Å². The molecule has 0 heterocycles. The summed E-state index contributed by atoms with van der Waals surface area (Å²) in [4.78, 5) is 13.3. The third-order valence-electron chi connectivity index (χ3n) is 4.47. The molecule has 2 aromatic rings. The number of benzene rings is 2. The van der Waals surface area contributed by atoms with Gasteiger partial charge in [-0.3, -0.25) is 4.79 Å². The lowest BCUT2D eigenvalue weighted by atomic mass is 10.1. The predicted octanol–water partition coefficient (Wildman–Crippen LogP) is 7.37. The minimum atomic E-state index is -0.780. The van der Waals surface area contributed by atoms with Crippen LogP contribution in [0.1, 0.15) is 52.4 Å². The topological polar surface area (TPSA) is 37.3 Å². The van der Waals surface area contributed by atoms with Crippen molar-refractivity contribution in [2.75, 3.05) is 5.75 Å². The van der Waals surface area contributed by atoms with Gasteiger partial charge in [0.2, 0.25) is 0 Å². The number of carbonyl (C=O) groups is 1. The van der Waals surface area contributed by atoms with E-state index in [0.717, 1.165) is 10.5 Å². The molecule has 0 unspecified atom stereocenters. The summed E-state index contributed by atoms with van der Waals surface area (Å²) >= 11 is 3.31. The van der Waals surface area contributed by atoms with Crippen molar-refractivity contribution in [1.82, 2.24) is 0 Å². The third kappa shape index (κ3) is 8.02. The number of aliphatic carboxylic acids is 1. The first kappa shape index (κ1) is 21.9. The summed E-state index contributed by atoms with van der Waals surface area (Å²) in [6.45, 7) is 3.97. The van der Waals surface area contributed by atoms with Crippen LogP contribution in [0.25, 0.3) is 11.1 Å². The molecule has 0 aliphatic rings. The molecule has 0 saturated heterocycles. The molecule has 0 amide bonds. The number of carboxylic acid groups (broad SMARTS) is 1.